The van der Waals surface area contributed by atoms with E-state index in [4.69, 9.17) is 0 Å². The summed E-state index contributed by atoms with van der Waals surface area (Å²) in [6.07, 6.45) is 0. The third-order valence-corrected chi connectivity index (χ3v) is 4.45. The molecule has 1 aromatic heterocycles. The molecule has 0 amide bonds. The summed E-state index contributed by atoms with van der Waals surface area (Å²) in [5.41, 5.74) is 1.69. The molecule has 0 saturated heterocycles. The lowest BCUT2D eigenvalue weighted by atomic mass is 9.89. The Balaban J connectivity index is 3.21. The standard InChI is InChI=1S/C8H10BrIS/c1-8(2,3)6-5(10)4-11-7(6)9/h4H,1-3H3. The number of halogens is 2. The first-order valence-electron chi connectivity index (χ1n) is 3.36. The van der Waals surface area contributed by atoms with Crippen LogP contribution in [-0.2, 0) is 5.41 Å². The summed E-state index contributed by atoms with van der Waals surface area (Å²) in [5, 5.41) is 2.19. The van der Waals surface area contributed by atoms with Crippen molar-refractivity contribution in [3.8, 4) is 0 Å². The fraction of sp³-hybridized carbons (Fsp3) is 0.500. The Morgan fingerprint density at radius 3 is 2.18 bits per heavy atom. The van der Waals surface area contributed by atoms with Crippen molar-refractivity contribution in [1.82, 2.24) is 0 Å². The quantitative estimate of drug-likeness (QED) is 0.611. The summed E-state index contributed by atoms with van der Waals surface area (Å²) in [4.78, 5) is 0. The van der Waals surface area contributed by atoms with Gasteiger partial charge in [0.1, 0.15) is 0 Å². The summed E-state index contributed by atoms with van der Waals surface area (Å²) in [6, 6.07) is 0. The Bertz CT molecular complexity index is 240. The Morgan fingerprint density at radius 2 is 2.00 bits per heavy atom. The van der Waals surface area contributed by atoms with E-state index in [1.165, 1.54) is 12.9 Å². The molecule has 1 aromatic rings. The molecule has 0 radical (unpaired) electrons. The van der Waals surface area contributed by atoms with Crippen molar-refractivity contribution < 1.29 is 0 Å². The van der Waals surface area contributed by atoms with Crippen LogP contribution in [0.2, 0.25) is 0 Å². The Labute approximate surface area is 93.7 Å². The zero-order chi connectivity index (χ0) is 8.65. The molecule has 3 heteroatoms. The van der Waals surface area contributed by atoms with Gasteiger partial charge in [0.2, 0.25) is 0 Å². The van der Waals surface area contributed by atoms with Gasteiger partial charge in [0.05, 0.1) is 3.79 Å². The van der Waals surface area contributed by atoms with Crippen molar-refractivity contribution in [3.05, 3.63) is 18.3 Å². The van der Waals surface area contributed by atoms with Crippen LogP contribution >= 0.6 is 49.9 Å². The topological polar surface area (TPSA) is 0 Å². The smallest absolute Gasteiger partial charge is 0.0746 e. The molecule has 0 aliphatic rings. The SMILES string of the molecule is CC(C)(C)c1c(I)csc1Br. The Morgan fingerprint density at radius 1 is 1.45 bits per heavy atom. The van der Waals surface area contributed by atoms with Crippen molar-refractivity contribution in [2.75, 3.05) is 0 Å². The first-order valence-corrected chi connectivity index (χ1v) is 6.11. The van der Waals surface area contributed by atoms with Crippen LogP contribution in [0.4, 0.5) is 0 Å². The predicted octanol–water partition coefficient (Wildman–Crippen LogP) is 4.41. The molecule has 1 heterocycles. The van der Waals surface area contributed by atoms with Crippen LogP contribution in [0.3, 0.4) is 0 Å². The predicted molar refractivity (Wildman–Crippen MR) is 63.4 cm³/mol. The van der Waals surface area contributed by atoms with Crippen molar-refractivity contribution >= 4 is 49.9 Å². The lowest BCUT2D eigenvalue weighted by molar-refractivity contribution is 0.587. The highest BCUT2D eigenvalue weighted by atomic mass is 127. The molecule has 0 bridgehead atoms. The minimum atomic E-state index is 0.259. The number of hydrogen-bond acceptors (Lipinski definition) is 1. The van der Waals surface area contributed by atoms with E-state index in [0.29, 0.717) is 0 Å². The van der Waals surface area contributed by atoms with Crippen LogP contribution in [0, 0.1) is 3.57 Å². The maximum absolute atomic E-state index is 3.57. The normalized spacial score (nSPS) is 12.1. The highest BCUT2D eigenvalue weighted by Crippen LogP contribution is 2.37. The number of rotatable bonds is 0. The molecule has 0 unspecified atom stereocenters. The van der Waals surface area contributed by atoms with Crippen LogP contribution in [0.25, 0.3) is 0 Å². The summed E-state index contributed by atoms with van der Waals surface area (Å²) in [7, 11) is 0. The maximum Gasteiger partial charge on any atom is 0.0746 e. The van der Waals surface area contributed by atoms with Gasteiger partial charge in [0.15, 0.2) is 0 Å². The number of thiophene rings is 1. The minimum Gasteiger partial charge on any atom is -0.135 e. The van der Waals surface area contributed by atoms with Crippen LogP contribution in [-0.4, -0.2) is 0 Å². The third-order valence-electron chi connectivity index (χ3n) is 1.45. The fourth-order valence-corrected chi connectivity index (χ4v) is 4.93. The molecule has 1 rings (SSSR count). The van der Waals surface area contributed by atoms with Gasteiger partial charge in [-0.1, -0.05) is 20.8 Å². The molecule has 0 atom stereocenters. The average molecular weight is 345 g/mol. The molecule has 0 aromatic carbocycles. The van der Waals surface area contributed by atoms with Gasteiger partial charge in [-0.05, 0) is 49.5 Å². The van der Waals surface area contributed by atoms with E-state index in [1.807, 2.05) is 0 Å². The van der Waals surface area contributed by atoms with E-state index >= 15 is 0 Å². The van der Waals surface area contributed by atoms with Crippen molar-refractivity contribution in [1.29, 1.82) is 0 Å². The molecule has 0 N–H and O–H groups in total. The van der Waals surface area contributed by atoms with Gasteiger partial charge in [-0.2, -0.15) is 0 Å². The Hall–Kier alpha value is 0.910. The van der Waals surface area contributed by atoms with Gasteiger partial charge in [-0.15, -0.1) is 11.3 Å². The summed E-state index contributed by atoms with van der Waals surface area (Å²) in [5.74, 6) is 0. The maximum atomic E-state index is 3.57. The molecule has 0 spiro atoms. The van der Waals surface area contributed by atoms with Crippen LogP contribution < -0.4 is 0 Å². The van der Waals surface area contributed by atoms with Gasteiger partial charge in [-0.3, -0.25) is 0 Å². The monoisotopic (exact) mass is 344 g/mol. The molecular formula is C8H10BrIS. The van der Waals surface area contributed by atoms with E-state index < -0.39 is 0 Å². The van der Waals surface area contributed by atoms with Crippen LogP contribution in [0.1, 0.15) is 26.3 Å². The second-order valence-corrected chi connectivity index (χ2v) is 6.84. The van der Waals surface area contributed by atoms with Crippen LogP contribution in [0.15, 0.2) is 9.17 Å². The summed E-state index contributed by atoms with van der Waals surface area (Å²) < 4.78 is 2.64. The number of hydrogen-bond donors (Lipinski definition) is 0. The van der Waals surface area contributed by atoms with E-state index in [2.05, 4.69) is 64.7 Å². The van der Waals surface area contributed by atoms with E-state index in [0.717, 1.165) is 0 Å². The highest BCUT2D eigenvalue weighted by molar-refractivity contribution is 14.1. The van der Waals surface area contributed by atoms with Crippen LogP contribution in [0.5, 0.6) is 0 Å². The molecule has 0 fully saturated rings. The van der Waals surface area contributed by atoms with Gasteiger partial charge in [-0.25, -0.2) is 0 Å². The molecular weight excluding hydrogens is 335 g/mol. The van der Waals surface area contributed by atoms with Crippen molar-refractivity contribution in [3.63, 3.8) is 0 Å². The second-order valence-electron chi connectivity index (χ2n) is 3.48. The fourth-order valence-electron chi connectivity index (χ4n) is 0.968. The van der Waals surface area contributed by atoms with Crippen molar-refractivity contribution in [2.24, 2.45) is 0 Å². The van der Waals surface area contributed by atoms with E-state index in [9.17, 15) is 0 Å². The van der Waals surface area contributed by atoms with E-state index in [-0.39, 0.29) is 5.41 Å². The minimum absolute atomic E-state index is 0.259. The molecule has 62 valence electrons. The zero-order valence-electron chi connectivity index (χ0n) is 6.74. The van der Waals surface area contributed by atoms with Gasteiger partial charge < -0.3 is 0 Å². The van der Waals surface area contributed by atoms with Gasteiger partial charge in [0.25, 0.3) is 0 Å². The molecule has 0 nitrogen and oxygen atoms in total. The van der Waals surface area contributed by atoms with Gasteiger partial charge in [0, 0.05) is 8.95 Å². The third kappa shape index (κ3) is 2.18. The average Bonchev–Trinajstić information content (AvgIpc) is 2.08. The lowest BCUT2D eigenvalue weighted by Crippen LogP contribution is -2.11. The second kappa shape index (κ2) is 3.34. The molecule has 0 saturated carbocycles. The van der Waals surface area contributed by atoms with Gasteiger partial charge >= 0.3 is 0 Å². The first kappa shape index (κ1) is 9.99. The van der Waals surface area contributed by atoms with Crippen molar-refractivity contribution in [2.45, 2.75) is 26.2 Å². The largest absolute Gasteiger partial charge is 0.135 e. The summed E-state index contributed by atoms with van der Waals surface area (Å²) in [6.45, 7) is 6.71. The summed E-state index contributed by atoms with van der Waals surface area (Å²) >= 11 is 7.72. The molecule has 0 aliphatic carbocycles. The first-order chi connectivity index (χ1) is 4.93. The highest BCUT2D eigenvalue weighted by Gasteiger charge is 2.21. The zero-order valence-corrected chi connectivity index (χ0v) is 11.3. The molecule has 11 heavy (non-hydrogen) atoms. The molecule has 0 aliphatic heterocycles. The lowest BCUT2D eigenvalue weighted by Gasteiger charge is -2.18. The Kier molecular flexibility index (Phi) is 3.03. The van der Waals surface area contributed by atoms with E-state index in [1.54, 1.807) is 11.3 Å².